The highest BCUT2D eigenvalue weighted by Crippen LogP contribution is 2.44. The summed E-state index contributed by atoms with van der Waals surface area (Å²) in [5, 5.41) is 7.05. The molecule has 0 atom stereocenters. The molecule has 12 aromatic rings. The van der Waals surface area contributed by atoms with E-state index < -0.39 is 0 Å². The summed E-state index contributed by atoms with van der Waals surface area (Å²) in [6.07, 6.45) is 0. The number of benzene rings is 8. The lowest BCUT2D eigenvalue weighted by Gasteiger charge is -2.11. The fourth-order valence-corrected chi connectivity index (χ4v) is 9.72. The molecule has 0 spiro atoms. The van der Waals surface area contributed by atoms with Crippen molar-refractivity contribution < 1.29 is 4.42 Å². The summed E-state index contributed by atoms with van der Waals surface area (Å²) in [6, 6.07) is 63.7. The van der Waals surface area contributed by atoms with E-state index in [0.717, 1.165) is 55.2 Å². The first-order valence-electron chi connectivity index (χ1n) is 19.0. The maximum atomic E-state index is 6.61. The van der Waals surface area contributed by atoms with E-state index >= 15 is 0 Å². The molecule has 4 aromatic heterocycles. The van der Waals surface area contributed by atoms with Crippen LogP contribution in [-0.2, 0) is 0 Å². The smallest absolute Gasteiger partial charge is 0.238 e. The first-order valence-corrected chi connectivity index (χ1v) is 19.8. The molecule has 8 aromatic carbocycles. The molecule has 0 saturated heterocycles. The quantitative estimate of drug-likeness (QED) is 0.176. The Kier molecular flexibility index (Phi) is 7.03. The number of fused-ring (bicyclic) bond motifs is 10. The molecule has 6 heteroatoms. The van der Waals surface area contributed by atoms with Crippen LogP contribution in [0, 0.1) is 0 Å². The van der Waals surface area contributed by atoms with Gasteiger partial charge in [-0.05, 0) is 64.7 Å². The van der Waals surface area contributed by atoms with E-state index in [4.69, 9.17) is 19.4 Å². The zero-order valence-electron chi connectivity index (χ0n) is 30.4. The van der Waals surface area contributed by atoms with Crippen molar-refractivity contribution in [1.29, 1.82) is 0 Å². The molecule has 4 heterocycles. The molecular formula is C51H30N4OS. The Balaban J connectivity index is 1.05. The van der Waals surface area contributed by atoms with E-state index in [9.17, 15) is 0 Å². The molecule has 0 saturated carbocycles. The average molecular weight is 747 g/mol. The first kappa shape index (κ1) is 31.9. The number of nitrogens with zero attached hydrogens (tertiary/aromatic N) is 4. The third-order valence-electron chi connectivity index (χ3n) is 11.1. The second kappa shape index (κ2) is 12.6. The lowest BCUT2D eigenvalue weighted by Crippen LogP contribution is -2.06. The van der Waals surface area contributed by atoms with Crippen molar-refractivity contribution in [3.05, 3.63) is 182 Å². The number of aromatic nitrogens is 4. The Morgan fingerprint density at radius 3 is 1.95 bits per heavy atom. The van der Waals surface area contributed by atoms with E-state index in [1.165, 1.54) is 42.1 Å². The van der Waals surface area contributed by atoms with Crippen molar-refractivity contribution in [1.82, 2.24) is 19.5 Å². The van der Waals surface area contributed by atoms with E-state index in [2.05, 4.69) is 144 Å². The topological polar surface area (TPSA) is 56.7 Å². The van der Waals surface area contributed by atoms with Crippen LogP contribution >= 0.6 is 11.3 Å². The third kappa shape index (κ3) is 5.04. The van der Waals surface area contributed by atoms with Crippen LogP contribution in [0.2, 0.25) is 0 Å². The molecule has 0 aliphatic heterocycles. The second-order valence-corrected chi connectivity index (χ2v) is 15.4. The van der Waals surface area contributed by atoms with Crippen LogP contribution in [0.3, 0.4) is 0 Å². The summed E-state index contributed by atoms with van der Waals surface area (Å²) in [6.45, 7) is 0. The van der Waals surface area contributed by atoms with Gasteiger partial charge in [0.2, 0.25) is 5.95 Å². The zero-order valence-corrected chi connectivity index (χ0v) is 31.2. The lowest BCUT2D eigenvalue weighted by molar-refractivity contribution is 0.669. The van der Waals surface area contributed by atoms with Crippen molar-refractivity contribution in [2.45, 2.75) is 0 Å². The van der Waals surface area contributed by atoms with Gasteiger partial charge in [0.15, 0.2) is 11.6 Å². The van der Waals surface area contributed by atoms with Crippen molar-refractivity contribution in [2.24, 2.45) is 0 Å². The molecule has 57 heavy (non-hydrogen) atoms. The predicted octanol–water partition coefficient (Wildman–Crippen LogP) is 13.9. The van der Waals surface area contributed by atoms with Crippen LogP contribution in [-0.4, -0.2) is 19.5 Å². The molecule has 0 unspecified atom stereocenters. The normalized spacial score (nSPS) is 11.9. The van der Waals surface area contributed by atoms with E-state index in [1.54, 1.807) is 0 Å². The molecule has 12 rings (SSSR count). The minimum atomic E-state index is 0.566. The van der Waals surface area contributed by atoms with Gasteiger partial charge in [-0.1, -0.05) is 140 Å². The first-order chi connectivity index (χ1) is 28.2. The van der Waals surface area contributed by atoms with Gasteiger partial charge in [-0.25, -0.2) is 4.98 Å². The molecule has 0 amide bonds. The molecule has 0 aliphatic rings. The maximum absolute atomic E-state index is 6.61. The second-order valence-electron chi connectivity index (χ2n) is 14.4. The van der Waals surface area contributed by atoms with Crippen molar-refractivity contribution >= 4 is 75.3 Å². The van der Waals surface area contributed by atoms with Crippen LogP contribution in [0.5, 0.6) is 0 Å². The van der Waals surface area contributed by atoms with E-state index in [1.807, 2.05) is 53.8 Å². The highest BCUT2D eigenvalue weighted by molar-refractivity contribution is 7.26. The molecular weight excluding hydrogens is 717 g/mol. The number of hydrogen-bond donors (Lipinski definition) is 0. The van der Waals surface area contributed by atoms with Crippen LogP contribution in [0.15, 0.2) is 186 Å². The molecule has 0 bridgehead atoms. The summed E-state index contributed by atoms with van der Waals surface area (Å²) in [7, 11) is 0. The summed E-state index contributed by atoms with van der Waals surface area (Å²) in [5.74, 6) is 1.75. The number of para-hydroxylation sites is 1. The summed E-state index contributed by atoms with van der Waals surface area (Å²) >= 11 is 1.84. The van der Waals surface area contributed by atoms with Gasteiger partial charge in [0.25, 0.3) is 0 Å². The summed E-state index contributed by atoms with van der Waals surface area (Å²) in [4.78, 5) is 15.6. The van der Waals surface area contributed by atoms with Crippen LogP contribution in [0.25, 0.3) is 115 Å². The molecule has 0 fully saturated rings. The van der Waals surface area contributed by atoms with E-state index in [-0.39, 0.29) is 0 Å². The van der Waals surface area contributed by atoms with Crippen LogP contribution < -0.4 is 0 Å². The highest BCUT2D eigenvalue weighted by atomic mass is 32.1. The number of thiophene rings is 1. The van der Waals surface area contributed by atoms with Crippen molar-refractivity contribution in [2.75, 3.05) is 0 Å². The minimum absolute atomic E-state index is 0.566. The van der Waals surface area contributed by atoms with Gasteiger partial charge in [-0.15, -0.1) is 11.3 Å². The molecule has 0 radical (unpaired) electrons. The molecule has 266 valence electrons. The maximum Gasteiger partial charge on any atom is 0.238 e. The Labute approximate surface area is 330 Å². The lowest BCUT2D eigenvalue weighted by atomic mass is 9.96. The largest absolute Gasteiger partial charge is 0.456 e. The Morgan fingerprint density at radius 1 is 0.404 bits per heavy atom. The molecule has 5 nitrogen and oxygen atoms in total. The van der Waals surface area contributed by atoms with Crippen LogP contribution in [0.1, 0.15) is 0 Å². The van der Waals surface area contributed by atoms with Gasteiger partial charge >= 0.3 is 0 Å². The number of rotatable bonds is 5. The monoisotopic (exact) mass is 746 g/mol. The van der Waals surface area contributed by atoms with Crippen molar-refractivity contribution in [3.63, 3.8) is 0 Å². The number of hydrogen-bond acceptors (Lipinski definition) is 5. The van der Waals surface area contributed by atoms with Crippen molar-refractivity contribution in [3.8, 4) is 51.0 Å². The standard InChI is InChI=1S/C51H30N4OS/c1-3-13-31(14-4-1)33-17-11-18-34(29-33)36-21-12-23-43-46(36)40-26-25-35(30-44(40)56-43)50-52-49(32-15-5-2-6-16-32)53-51(54-50)55-41-22-9-7-20-39(41)47-42(55)28-27-38-37-19-8-10-24-45(37)57-48(38)47/h1-30H. The Bertz CT molecular complexity index is 3530. The van der Waals surface area contributed by atoms with Gasteiger partial charge in [-0.2, -0.15) is 9.97 Å². The average Bonchev–Trinajstić information content (AvgIpc) is 3.96. The van der Waals surface area contributed by atoms with E-state index in [0.29, 0.717) is 17.6 Å². The summed E-state index contributed by atoms with van der Waals surface area (Å²) < 4.78 is 11.4. The Morgan fingerprint density at radius 2 is 1.09 bits per heavy atom. The fourth-order valence-electron chi connectivity index (χ4n) is 8.46. The van der Waals surface area contributed by atoms with Gasteiger partial charge in [0.1, 0.15) is 11.2 Å². The SMILES string of the molecule is c1ccc(-c2cccc(-c3cccc4oc5cc(-c6nc(-c7ccccc7)nc(-n7c8ccccc8c8c9sc%10ccccc%10c9ccc87)n6)ccc5c34)c2)cc1. The summed E-state index contributed by atoms with van der Waals surface area (Å²) in [5.41, 5.74) is 10.1. The van der Waals surface area contributed by atoms with Gasteiger partial charge in [-0.3, -0.25) is 4.57 Å². The van der Waals surface area contributed by atoms with Gasteiger partial charge in [0.05, 0.1) is 11.0 Å². The molecule has 0 aliphatic carbocycles. The third-order valence-corrected chi connectivity index (χ3v) is 12.3. The number of furan rings is 1. The zero-order chi connectivity index (χ0) is 37.5. The van der Waals surface area contributed by atoms with Crippen LogP contribution in [0.4, 0.5) is 0 Å². The van der Waals surface area contributed by atoms with Gasteiger partial charge in [0, 0.05) is 52.8 Å². The minimum Gasteiger partial charge on any atom is -0.456 e. The van der Waals surface area contributed by atoms with Gasteiger partial charge < -0.3 is 4.42 Å². The Hall–Kier alpha value is -7.41. The predicted molar refractivity (Wildman–Crippen MR) is 236 cm³/mol. The highest BCUT2D eigenvalue weighted by Gasteiger charge is 2.21. The molecule has 0 N–H and O–H groups in total. The fraction of sp³-hybridized carbons (Fsp3) is 0.